The minimum Gasteiger partial charge on any atom is -0.398 e. The topological polar surface area (TPSA) is 79.4 Å². The van der Waals surface area contributed by atoms with Crippen LogP contribution in [-0.4, -0.2) is 27.4 Å². The number of pyridine rings is 1. The number of hydrogen-bond acceptors (Lipinski definition) is 4. The molecule has 2 unspecified atom stereocenters. The van der Waals surface area contributed by atoms with Crippen molar-refractivity contribution in [3.63, 3.8) is 0 Å². The van der Waals surface area contributed by atoms with E-state index in [1.165, 1.54) is 0 Å². The Morgan fingerprint density at radius 1 is 1.43 bits per heavy atom. The normalized spacial score (nSPS) is 15.1. The second-order valence-corrected chi connectivity index (χ2v) is 3.32. The highest BCUT2D eigenvalue weighted by Crippen LogP contribution is 2.13. The zero-order chi connectivity index (χ0) is 10.6. The number of aliphatic hydroxyl groups is 2. The Labute approximate surface area is 83.4 Å². The number of nitrogens with zero attached hydrogens (tertiary/aromatic N) is 1. The molecule has 0 saturated heterocycles. The zero-order valence-electron chi connectivity index (χ0n) is 8.22. The van der Waals surface area contributed by atoms with E-state index in [2.05, 4.69) is 4.98 Å². The first-order valence-electron chi connectivity index (χ1n) is 4.69. The molecule has 0 saturated carbocycles. The summed E-state index contributed by atoms with van der Waals surface area (Å²) in [5.41, 5.74) is 7.05. The average molecular weight is 196 g/mol. The lowest BCUT2D eigenvalue weighted by Gasteiger charge is -2.16. The van der Waals surface area contributed by atoms with Gasteiger partial charge in [-0.25, -0.2) is 0 Å². The fourth-order valence-electron chi connectivity index (χ4n) is 1.24. The van der Waals surface area contributed by atoms with Gasteiger partial charge < -0.3 is 15.9 Å². The first-order chi connectivity index (χ1) is 6.65. The summed E-state index contributed by atoms with van der Waals surface area (Å²) in [5, 5.41) is 18.9. The van der Waals surface area contributed by atoms with Gasteiger partial charge in [-0.15, -0.1) is 0 Å². The first-order valence-corrected chi connectivity index (χ1v) is 4.69. The molecule has 1 aromatic rings. The van der Waals surface area contributed by atoms with Crippen molar-refractivity contribution in [2.24, 2.45) is 0 Å². The minimum absolute atomic E-state index is 0.342. The van der Waals surface area contributed by atoms with Gasteiger partial charge in [-0.2, -0.15) is 0 Å². The highest BCUT2D eigenvalue weighted by Gasteiger charge is 2.15. The van der Waals surface area contributed by atoms with Crippen molar-refractivity contribution >= 4 is 5.69 Å². The maximum Gasteiger partial charge on any atom is 0.0840 e. The van der Waals surface area contributed by atoms with E-state index in [0.29, 0.717) is 18.5 Å². The molecule has 2 atom stereocenters. The monoisotopic (exact) mass is 196 g/mol. The quantitative estimate of drug-likeness (QED) is 0.648. The fourth-order valence-corrected chi connectivity index (χ4v) is 1.24. The van der Waals surface area contributed by atoms with E-state index >= 15 is 0 Å². The van der Waals surface area contributed by atoms with E-state index in [1.54, 1.807) is 18.5 Å². The average Bonchev–Trinajstić information content (AvgIpc) is 2.20. The Morgan fingerprint density at radius 3 is 2.71 bits per heavy atom. The lowest BCUT2D eigenvalue weighted by atomic mass is 10.0. The number of nitrogens with two attached hydrogens (primary N) is 1. The van der Waals surface area contributed by atoms with Crippen LogP contribution in [0.25, 0.3) is 0 Å². The minimum atomic E-state index is -0.772. The molecule has 0 fully saturated rings. The molecule has 78 valence electrons. The summed E-state index contributed by atoms with van der Waals surface area (Å²) in [4.78, 5) is 3.91. The van der Waals surface area contributed by atoms with Crippen molar-refractivity contribution < 1.29 is 10.2 Å². The van der Waals surface area contributed by atoms with Crippen LogP contribution in [0.3, 0.4) is 0 Å². The van der Waals surface area contributed by atoms with Gasteiger partial charge in [0.15, 0.2) is 0 Å². The molecule has 4 N–H and O–H groups in total. The van der Waals surface area contributed by atoms with Gasteiger partial charge in [-0.1, -0.05) is 6.92 Å². The molecule has 0 aromatic carbocycles. The highest BCUT2D eigenvalue weighted by molar-refractivity contribution is 5.44. The van der Waals surface area contributed by atoms with E-state index in [4.69, 9.17) is 5.73 Å². The van der Waals surface area contributed by atoms with Crippen molar-refractivity contribution in [1.82, 2.24) is 4.98 Å². The van der Waals surface area contributed by atoms with Gasteiger partial charge in [0.05, 0.1) is 12.2 Å². The largest absolute Gasteiger partial charge is 0.398 e. The Morgan fingerprint density at radius 2 is 2.14 bits per heavy atom. The maximum atomic E-state index is 9.56. The standard InChI is InChI=1S/C10H16N2O2/c1-2-9(13)10(14)5-7-6-12-4-3-8(7)11/h3-4,6,9-10,13-14H,2,5H2,1H3,(H2,11,12). The molecule has 4 heteroatoms. The molecule has 1 rings (SSSR count). The van der Waals surface area contributed by atoms with Gasteiger partial charge in [0.2, 0.25) is 0 Å². The van der Waals surface area contributed by atoms with E-state index in [-0.39, 0.29) is 0 Å². The first kappa shape index (κ1) is 10.9. The predicted octanol–water partition coefficient (Wildman–Crippen LogP) is 0.338. The van der Waals surface area contributed by atoms with Crippen LogP contribution in [0, 0.1) is 0 Å². The summed E-state index contributed by atoms with van der Waals surface area (Å²) in [7, 11) is 0. The van der Waals surface area contributed by atoms with E-state index in [1.807, 2.05) is 6.92 Å². The van der Waals surface area contributed by atoms with Crippen LogP contribution in [0.1, 0.15) is 18.9 Å². The Balaban J connectivity index is 2.64. The molecule has 0 bridgehead atoms. The molecule has 0 amide bonds. The van der Waals surface area contributed by atoms with E-state index < -0.39 is 12.2 Å². The summed E-state index contributed by atoms with van der Waals surface area (Å²) >= 11 is 0. The molecule has 0 aliphatic heterocycles. The third kappa shape index (κ3) is 2.68. The Hall–Kier alpha value is -1.13. The van der Waals surface area contributed by atoms with Crippen molar-refractivity contribution in [2.75, 3.05) is 5.73 Å². The van der Waals surface area contributed by atoms with Gasteiger partial charge in [0, 0.05) is 24.5 Å². The summed E-state index contributed by atoms with van der Waals surface area (Å²) in [5.74, 6) is 0. The molecular formula is C10H16N2O2. The SMILES string of the molecule is CCC(O)C(O)Cc1cnccc1N. The molecular weight excluding hydrogens is 180 g/mol. The van der Waals surface area contributed by atoms with Gasteiger partial charge in [0.25, 0.3) is 0 Å². The van der Waals surface area contributed by atoms with Gasteiger partial charge >= 0.3 is 0 Å². The van der Waals surface area contributed by atoms with Crippen LogP contribution in [0.5, 0.6) is 0 Å². The maximum absolute atomic E-state index is 9.56. The number of nitrogen functional groups attached to an aromatic ring is 1. The Kier molecular flexibility index (Phi) is 3.85. The third-order valence-corrected chi connectivity index (χ3v) is 2.23. The van der Waals surface area contributed by atoms with Crippen molar-refractivity contribution in [3.05, 3.63) is 24.0 Å². The summed E-state index contributed by atoms with van der Waals surface area (Å²) in [6, 6.07) is 1.68. The molecule has 14 heavy (non-hydrogen) atoms. The van der Waals surface area contributed by atoms with Gasteiger partial charge in [0.1, 0.15) is 0 Å². The smallest absolute Gasteiger partial charge is 0.0840 e. The molecule has 0 spiro atoms. The van der Waals surface area contributed by atoms with Crippen molar-refractivity contribution in [3.8, 4) is 0 Å². The van der Waals surface area contributed by atoms with Gasteiger partial charge in [-0.05, 0) is 18.1 Å². The highest BCUT2D eigenvalue weighted by atomic mass is 16.3. The van der Waals surface area contributed by atoms with E-state index in [9.17, 15) is 10.2 Å². The summed E-state index contributed by atoms with van der Waals surface area (Å²) in [6.07, 6.45) is 2.61. The molecule has 0 aliphatic rings. The summed E-state index contributed by atoms with van der Waals surface area (Å²) < 4.78 is 0. The number of aromatic nitrogens is 1. The Bertz CT molecular complexity index is 291. The second-order valence-electron chi connectivity index (χ2n) is 3.32. The van der Waals surface area contributed by atoms with E-state index in [0.717, 1.165) is 5.56 Å². The third-order valence-electron chi connectivity index (χ3n) is 2.23. The predicted molar refractivity (Wildman–Crippen MR) is 54.7 cm³/mol. The molecule has 1 heterocycles. The lowest BCUT2D eigenvalue weighted by molar-refractivity contribution is 0.0182. The molecule has 0 radical (unpaired) electrons. The van der Waals surface area contributed by atoms with Crippen LogP contribution >= 0.6 is 0 Å². The van der Waals surface area contributed by atoms with Crippen LogP contribution in [0.15, 0.2) is 18.5 Å². The summed E-state index contributed by atoms with van der Waals surface area (Å²) in [6.45, 7) is 1.82. The van der Waals surface area contributed by atoms with Crippen molar-refractivity contribution in [2.45, 2.75) is 32.0 Å². The lowest BCUT2D eigenvalue weighted by Crippen LogP contribution is -2.27. The second kappa shape index (κ2) is 4.93. The van der Waals surface area contributed by atoms with Crippen LogP contribution < -0.4 is 5.73 Å². The number of anilines is 1. The van der Waals surface area contributed by atoms with Crippen molar-refractivity contribution in [1.29, 1.82) is 0 Å². The number of aliphatic hydroxyl groups excluding tert-OH is 2. The number of hydrogen-bond donors (Lipinski definition) is 3. The van der Waals surface area contributed by atoms with Crippen LogP contribution in [0.4, 0.5) is 5.69 Å². The van der Waals surface area contributed by atoms with Crippen LogP contribution in [0.2, 0.25) is 0 Å². The zero-order valence-corrected chi connectivity index (χ0v) is 8.22. The molecule has 4 nitrogen and oxygen atoms in total. The molecule has 0 aliphatic carbocycles. The fraction of sp³-hybridized carbons (Fsp3) is 0.500. The number of rotatable bonds is 4. The van der Waals surface area contributed by atoms with Gasteiger partial charge in [-0.3, -0.25) is 4.98 Å². The van der Waals surface area contributed by atoms with Crippen LogP contribution in [-0.2, 0) is 6.42 Å². The molecule has 1 aromatic heterocycles.